The molecule has 1 aliphatic heterocycles. The van der Waals surface area contributed by atoms with Gasteiger partial charge in [-0.05, 0) is 42.3 Å². The fourth-order valence-electron chi connectivity index (χ4n) is 3.54. The first-order valence-corrected chi connectivity index (χ1v) is 8.94. The highest BCUT2D eigenvalue weighted by atomic mass is 16.5. The fraction of sp³-hybridized carbons (Fsp3) is 0.450. The van der Waals surface area contributed by atoms with Crippen molar-refractivity contribution in [1.29, 1.82) is 0 Å². The zero-order valence-corrected chi connectivity index (χ0v) is 14.4. The van der Waals surface area contributed by atoms with Crippen LogP contribution in [0.25, 0.3) is 10.8 Å². The van der Waals surface area contributed by atoms with Gasteiger partial charge in [-0.3, -0.25) is 9.69 Å². The van der Waals surface area contributed by atoms with Crippen molar-refractivity contribution in [2.75, 3.05) is 19.7 Å². The highest BCUT2D eigenvalue weighted by Crippen LogP contribution is 2.22. The average Bonchev–Trinajstić information content (AvgIpc) is 2.61. The molecule has 1 heterocycles. The molecule has 1 amide bonds. The number of carbonyl (C=O) groups is 1. The number of benzene rings is 2. The van der Waals surface area contributed by atoms with Crippen LogP contribution in [0.4, 0.5) is 0 Å². The third-order valence-electron chi connectivity index (χ3n) is 4.79. The number of fused-ring (bicyclic) bond motifs is 1. The normalized spacial score (nSPS) is 19.6. The van der Waals surface area contributed by atoms with Crippen molar-refractivity contribution in [3.8, 4) is 5.75 Å². The van der Waals surface area contributed by atoms with Crippen LogP contribution in [0.5, 0.6) is 5.75 Å². The molecule has 2 unspecified atom stereocenters. The Kier molecular flexibility index (Phi) is 5.89. The van der Waals surface area contributed by atoms with E-state index in [0.29, 0.717) is 13.0 Å². The van der Waals surface area contributed by atoms with Gasteiger partial charge in [-0.2, -0.15) is 0 Å². The smallest absolute Gasteiger partial charge is 0.218 e. The van der Waals surface area contributed by atoms with Crippen LogP contribution in [0, 0.1) is 0 Å². The molecule has 134 valence electrons. The quantitative estimate of drug-likeness (QED) is 0.810. The molecular weight excluding hydrogens is 316 g/mol. The third-order valence-corrected chi connectivity index (χ3v) is 4.79. The Morgan fingerprint density at radius 1 is 1.24 bits per heavy atom. The standard InChI is InChI=1S/C20H26N2O3/c21-20(24)12-17-7-3-4-10-22(17)13-18(23)14-25-19-9-8-15-5-1-2-6-16(15)11-19/h1-2,5-6,8-9,11,17-18,23H,3-4,7,10,12-14H2,(H2,21,24). The van der Waals surface area contributed by atoms with Crippen LogP contribution in [-0.2, 0) is 4.79 Å². The van der Waals surface area contributed by atoms with Crippen LogP contribution in [0.3, 0.4) is 0 Å². The van der Waals surface area contributed by atoms with Crippen LogP contribution in [0.2, 0.25) is 0 Å². The molecular formula is C20H26N2O3. The average molecular weight is 342 g/mol. The summed E-state index contributed by atoms with van der Waals surface area (Å²) in [5.41, 5.74) is 5.34. The molecule has 0 aliphatic carbocycles. The summed E-state index contributed by atoms with van der Waals surface area (Å²) in [6.07, 6.45) is 2.92. The number of hydrogen-bond donors (Lipinski definition) is 2. The van der Waals surface area contributed by atoms with Gasteiger partial charge in [-0.15, -0.1) is 0 Å². The van der Waals surface area contributed by atoms with Crippen molar-refractivity contribution in [1.82, 2.24) is 4.90 Å². The van der Waals surface area contributed by atoms with E-state index in [-0.39, 0.29) is 18.6 Å². The maximum Gasteiger partial charge on any atom is 0.218 e. The lowest BCUT2D eigenvalue weighted by Gasteiger charge is -2.36. The molecule has 5 heteroatoms. The van der Waals surface area contributed by atoms with Gasteiger partial charge in [0, 0.05) is 19.0 Å². The minimum absolute atomic E-state index is 0.140. The van der Waals surface area contributed by atoms with Crippen LogP contribution in [-0.4, -0.2) is 47.8 Å². The van der Waals surface area contributed by atoms with Crippen molar-refractivity contribution < 1.29 is 14.6 Å². The number of amides is 1. The van der Waals surface area contributed by atoms with Crippen molar-refractivity contribution in [2.45, 2.75) is 37.8 Å². The number of carbonyl (C=O) groups excluding carboxylic acids is 1. The molecule has 0 saturated carbocycles. The van der Waals surface area contributed by atoms with Crippen LogP contribution >= 0.6 is 0 Å². The molecule has 1 saturated heterocycles. The molecule has 1 fully saturated rings. The summed E-state index contributed by atoms with van der Waals surface area (Å²) < 4.78 is 5.77. The van der Waals surface area contributed by atoms with E-state index in [4.69, 9.17) is 10.5 Å². The van der Waals surface area contributed by atoms with Gasteiger partial charge >= 0.3 is 0 Å². The molecule has 2 atom stereocenters. The first-order valence-electron chi connectivity index (χ1n) is 8.94. The number of piperidine rings is 1. The summed E-state index contributed by atoms with van der Waals surface area (Å²) in [5.74, 6) is 0.476. The van der Waals surface area contributed by atoms with E-state index in [0.717, 1.165) is 42.3 Å². The monoisotopic (exact) mass is 342 g/mol. The summed E-state index contributed by atoms with van der Waals surface area (Å²) in [6.45, 7) is 1.63. The number of nitrogens with zero attached hydrogens (tertiary/aromatic N) is 1. The van der Waals surface area contributed by atoms with Gasteiger partial charge < -0.3 is 15.6 Å². The van der Waals surface area contributed by atoms with Gasteiger partial charge in [0.1, 0.15) is 18.5 Å². The zero-order chi connectivity index (χ0) is 17.6. The number of hydrogen-bond acceptors (Lipinski definition) is 4. The van der Waals surface area contributed by atoms with E-state index in [9.17, 15) is 9.90 Å². The predicted octanol–water partition coefficient (Wildman–Crippen LogP) is 2.31. The molecule has 2 aromatic rings. The minimum atomic E-state index is -0.597. The highest BCUT2D eigenvalue weighted by Gasteiger charge is 2.25. The van der Waals surface area contributed by atoms with Crippen LogP contribution < -0.4 is 10.5 Å². The van der Waals surface area contributed by atoms with Gasteiger partial charge in [0.25, 0.3) is 0 Å². The molecule has 5 nitrogen and oxygen atoms in total. The van der Waals surface area contributed by atoms with Crippen LogP contribution in [0.1, 0.15) is 25.7 Å². The van der Waals surface area contributed by atoms with Crippen molar-refractivity contribution in [3.05, 3.63) is 42.5 Å². The number of primary amides is 1. The Morgan fingerprint density at radius 2 is 2.04 bits per heavy atom. The second-order valence-corrected chi connectivity index (χ2v) is 6.79. The maximum absolute atomic E-state index is 11.2. The summed E-state index contributed by atoms with van der Waals surface area (Å²) in [5, 5.41) is 12.6. The molecule has 3 N–H and O–H groups in total. The number of aliphatic hydroxyl groups is 1. The van der Waals surface area contributed by atoms with Gasteiger partial charge in [-0.25, -0.2) is 0 Å². The first-order chi connectivity index (χ1) is 12.1. The lowest BCUT2D eigenvalue weighted by atomic mass is 9.98. The van der Waals surface area contributed by atoms with E-state index < -0.39 is 6.10 Å². The number of β-amino-alcohol motifs (C(OH)–C–C–N with tert-alkyl or cyclic N) is 1. The Hall–Kier alpha value is -2.11. The van der Waals surface area contributed by atoms with Crippen molar-refractivity contribution in [3.63, 3.8) is 0 Å². The van der Waals surface area contributed by atoms with Crippen LogP contribution in [0.15, 0.2) is 42.5 Å². The largest absolute Gasteiger partial charge is 0.491 e. The number of ether oxygens (including phenoxy) is 1. The summed E-state index contributed by atoms with van der Waals surface area (Å²) >= 11 is 0. The molecule has 0 radical (unpaired) electrons. The first kappa shape index (κ1) is 17.7. The summed E-state index contributed by atoms with van der Waals surface area (Å²) in [4.78, 5) is 13.4. The van der Waals surface area contributed by atoms with E-state index in [1.807, 2.05) is 36.4 Å². The lowest BCUT2D eigenvalue weighted by Crippen LogP contribution is -2.46. The number of likely N-dealkylation sites (tertiary alicyclic amines) is 1. The second-order valence-electron chi connectivity index (χ2n) is 6.79. The Morgan fingerprint density at radius 3 is 2.84 bits per heavy atom. The number of aliphatic hydroxyl groups excluding tert-OH is 1. The van der Waals surface area contributed by atoms with E-state index >= 15 is 0 Å². The van der Waals surface area contributed by atoms with Crippen molar-refractivity contribution in [2.24, 2.45) is 5.73 Å². The predicted molar refractivity (Wildman–Crippen MR) is 98.5 cm³/mol. The summed E-state index contributed by atoms with van der Waals surface area (Å²) in [7, 11) is 0. The molecule has 2 aromatic carbocycles. The highest BCUT2D eigenvalue weighted by molar-refractivity contribution is 5.83. The van der Waals surface area contributed by atoms with E-state index in [2.05, 4.69) is 11.0 Å². The van der Waals surface area contributed by atoms with Gasteiger partial charge in [-0.1, -0.05) is 36.8 Å². The van der Waals surface area contributed by atoms with E-state index in [1.54, 1.807) is 0 Å². The lowest BCUT2D eigenvalue weighted by molar-refractivity contribution is -0.119. The van der Waals surface area contributed by atoms with E-state index in [1.165, 1.54) is 0 Å². The zero-order valence-electron chi connectivity index (χ0n) is 14.4. The van der Waals surface area contributed by atoms with Gasteiger partial charge in [0.05, 0.1) is 0 Å². The molecule has 0 bridgehead atoms. The molecule has 3 rings (SSSR count). The Balaban J connectivity index is 1.54. The maximum atomic E-state index is 11.2. The molecule has 0 spiro atoms. The van der Waals surface area contributed by atoms with Gasteiger partial charge in [0.15, 0.2) is 0 Å². The minimum Gasteiger partial charge on any atom is -0.491 e. The summed E-state index contributed by atoms with van der Waals surface area (Å²) in [6, 6.07) is 14.2. The number of rotatable bonds is 7. The van der Waals surface area contributed by atoms with Crippen molar-refractivity contribution >= 4 is 16.7 Å². The Labute approximate surface area is 148 Å². The third kappa shape index (κ3) is 4.94. The number of nitrogens with two attached hydrogens (primary N) is 1. The fourth-order valence-corrected chi connectivity index (χ4v) is 3.54. The van der Waals surface area contributed by atoms with Gasteiger partial charge in [0.2, 0.25) is 5.91 Å². The topological polar surface area (TPSA) is 75.8 Å². The molecule has 1 aliphatic rings. The molecule has 0 aromatic heterocycles. The molecule has 25 heavy (non-hydrogen) atoms. The second kappa shape index (κ2) is 8.32. The SMILES string of the molecule is NC(=O)CC1CCCCN1CC(O)COc1ccc2ccccc2c1. The Bertz CT molecular complexity index is 719.